The van der Waals surface area contributed by atoms with Crippen molar-refractivity contribution in [3.05, 3.63) is 5.82 Å². The number of aromatic nitrogens is 4. The molecule has 1 heterocycles. The lowest BCUT2D eigenvalue weighted by Crippen LogP contribution is -2.24. The Hall–Kier alpha value is -0.820. The molecule has 1 N–H and O–H groups in total. The minimum absolute atomic E-state index is 0.410. The number of rotatable bonds is 7. The first-order valence-electron chi connectivity index (χ1n) is 5.38. The summed E-state index contributed by atoms with van der Waals surface area (Å²) >= 11 is 0. The molecule has 16 heavy (non-hydrogen) atoms. The zero-order valence-corrected chi connectivity index (χ0v) is 10.8. The zero-order chi connectivity index (χ0) is 12.0. The maximum atomic E-state index is 10.9. The lowest BCUT2D eigenvalue weighted by molar-refractivity contribution is 0.513. The highest BCUT2D eigenvalue weighted by molar-refractivity contribution is 7.84. The molecule has 0 spiro atoms. The van der Waals surface area contributed by atoms with Gasteiger partial charge in [-0.3, -0.25) is 4.21 Å². The fourth-order valence-electron chi connectivity index (χ4n) is 1.24. The lowest BCUT2D eigenvalue weighted by Gasteiger charge is -2.07. The second-order valence-electron chi connectivity index (χ2n) is 3.98. The fourth-order valence-corrected chi connectivity index (χ4v) is 1.77. The van der Waals surface area contributed by atoms with Gasteiger partial charge in [-0.25, -0.2) is 4.68 Å². The summed E-state index contributed by atoms with van der Waals surface area (Å²) in [5, 5.41) is 14.8. The van der Waals surface area contributed by atoms with Crippen LogP contribution in [-0.4, -0.2) is 42.5 Å². The zero-order valence-electron chi connectivity index (χ0n) is 10.0. The maximum Gasteiger partial charge on any atom is 0.165 e. The van der Waals surface area contributed by atoms with Gasteiger partial charge in [0.25, 0.3) is 0 Å². The third kappa shape index (κ3) is 4.80. The summed E-state index contributed by atoms with van der Waals surface area (Å²) in [5.41, 5.74) is 0. The van der Waals surface area contributed by atoms with Crippen LogP contribution in [0.5, 0.6) is 0 Å². The highest BCUT2D eigenvalue weighted by Crippen LogP contribution is 1.96. The van der Waals surface area contributed by atoms with Crippen molar-refractivity contribution in [3.63, 3.8) is 0 Å². The molecular formula is C9H19N5OS. The average molecular weight is 245 g/mol. The van der Waals surface area contributed by atoms with Gasteiger partial charge < -0.3 is 5.32 Å². The van der Waals surface area contributed by atoms with Gasteiger partial charge in [0, 0.05) is 35.4 Å². The molecular weight excluding hydrogens is 226 g/mol. The molecule has 1 unspecified atom stereocenters. The van der Waals surface area contributed by atoms with Gasteiger partial charge in [0.2, 0.25) is 0 Å². The third-order valence-corrected chi connectivity index (χ3v) is 2.94. The van der Waals surface area contributed by atoms with Crippen LogP contribution in [0.2, 0.25) is 0 Å². The highest BCUT2D eigenvalue weighted by atomic mass is 32.2. The van der Waals surface area contributed by atoms with Crippen LogP contribution in [0, 0.1) is 0 Å². The van der Waals surface area contributed by atoms with Crippen molar-refractivity contribution in [2.24, 2.45) is 0 Å². The maximum absolute atomic E-state index is 10.9. The van der Waals surface area contributed by atoms with Gasteiger partial charge >= 0.3 is 0 Å². The SMILES string of the molecule is CC(C)NCc1nnnn1CCCS(C)=O. The second-order valence-corrected chi connectivity index (χ2v) is 5.54. The van der Waals surface area contributed by atoms with E-state index in [9.17, 15) is 4.21 Å². The van der Waals surface area contributed by atoms with E-state index in [4.69, 9.17) is 0 Å². The van der Waals surface area contributed by atoms with Gasteiger partial charge in [0.15, 0.2) is 5.82 Å². The smallest absolute Gasteiger partial charge is 0.165 e. The van der Waals surface area contributed by atoms with Crippen LogP contribution >= 0.6 is 0 Å². The number of hydrogen-bond acceptors (Lipinski definition) is 5. The van der Waals surface area contributed by atoms with Crippen molar-refractivity contribution in [1.82, 2.24) is 25.5 Å². The second kappa shape index (κ2) is 6.70. The molecule has 0 radical (unpaired) electrons. The fraction of sp³-hybridized carbons (Fsp3) is 0.889. The molecule has 92 valence electrons. The van der Waals surface area contributed by atoms with E-state index in [1.165, 1.54) is 0 Å². The molecule has 1 atom stereocenters. The van der Waals surface area contributed by atoms with Crippen LogP contribution in [0.1, 0.15) is 26.1 Å². The van der Waals surface area contributed by atoms with Crippen molar-refractivity contribution in [1.29, 1.82) is 0 Å². The average Bonchev–Trinajstić information content (AvgIpc) is 2.62. The summed E-state index contributed by atoms with van der Waals surface area (Å²) in [6.07, 6.45) is 2.55. The van der Waals surface area contributed by atoms with Crippen LogP contribution < -0.4 is 5.32 Å². The molecule has 0 fully saturated rings. The molecule has 7 heteroatoms. The Morgan fingerprint density at radius 1 is 1.50 bits per heavy atom. The molecule has 0 bridgehead atoms. The Morgan fingerprint density at radius 3 is 2.88 bits per heavy atom. The van der Waals surface area contributed by atoms with Crippen LogP contribution in [0.4, 0.5) is 0 Å². The number of nitrogens with zero attached hydrogens (tertiary/aromatic N) is 4. The molecule has 0 saturated heterocycles. The monoisotopic (exact) mass is 245 g/mol. The topological polar surface area (TPSA) is 72.7 Å². The van der Waals surface area contributed by atoms with Gasteiger partial charge in [0.1, 0.15) is 0 Å². The largest absolute Gasteiger partial charge is 0.308 e. The predicted molar refractivity (Wildman–Crippen MR) is 63.3 cm³/mol. The van der Waals surface area contributed by atoms with E-state index < -0.39 is 10.8 Å². The molecule has 1 aromatic heterocycles. The quantitative estimate of drug-likeness (QED) is 0.728. The van der Waals surface area contributed by atoms with Gasteiger partial charge in [-0.2, -0.15) is 0 Å². The summed E-state index contributed by atoms with van der Waals surface area (Å²) in [6.45, 7) is 5.55. The first-order valence-corrected chi connectivity index (χ1v) is 7.10. The Bertz CT molecular complexity index is 338. The summed E-state index contributed by atoms with van der Waals surface area (Å²) in [5.74, 6) is 1.52. The van der Waals surface area contributed by atoms with E-state index in [2.05, 4.69) is 34.7 Å². The molecule has 0 saturated carbocycles. The summed E-state index contributed by atoms with van der Waals surface area (Å²) < 4.78 is 12.7. The predicted octanol–water partition coefficient (Wildman–Crippen LogP) is -0.0603. The Balaban J connectivity index is 2.40. The van der Waals surface area contributed by atoms with E-state index in [0.717, 1.165) is 18.8 Å². The van der Waals surface area contributed by atoms with Gasteiger partial charge in [-0.15, -0.1) is 5.10 Å². The normalized spacial score (nSPS) is 13.2. The Morgan fingerprint density at radius 2 is 2.25 bits per heavy atom. The molecule has 0 aliphatic rings. The van der Waals surface area contributed by atoms with Crippen molar-refractivity contribution < 1.29 is 4.21 Å². The van der Waals surface area contributed by atoms with Gasteiger partial charge in [0.05, 0.1) is 6.54 Å². The minimum Gasteiger partial charge on any atom is -0.308 e. The van der Waals surface area contributed by atoms with Crippen LogP contribution in [0.3, 0.4) is 0 Å². The van der Waals surface area contributed by atoms with Gasteiger partial charge in [-0.1, -0.05) is 13.8 Å². The summed E-state index contributed by atoms with van der Waals surface area (Å²) in [4.78, 5) is 0. The van der Waals surface area contributed by atoms with E-state index >= 15 is 0 Å². The van der Waals surface area contributed by atoms with Crippen molar-refractivity contribution in [3.8, 4) is 0 Å². The minimum atomic E-state index is -0.742. The van der Waals surface area contributed by atoms with E-state index in [0.29, 0.717) is 18.3 Å². The third-order valence-electron chi connectivity index (χ3n) is 2.08. The summed E-state index contributed by atoms with van der Waals surface area (Å²) in [7, 11) is -0.742. The van der Waals surface area contributed by atoms with Crippen LogP contribution in [0.15, 0.2) is 0 Å². The molecule has 0 aliphatic heterocycles. The Kier molecular flexibility index (Phi) is 5.54. The number of nitrogens with one attached hydrogen (secondary N) is 1. The number of hydrogen-bond donors (Lipinski definition) is 1. The van der Waals surface area contributed by atoms with E-state index in [1.54, 1.807) is 10.9 Å². The Labute approximate surface area is 98.3 Å². The first kappa shape index (κ1) is 13.2. The lowest BCUT2D eigenvalue weighted by atomic mass is 10.4. The van der Waals surface area contributed by atoms with Crippen molar-refractivity contribution in [2.75, 3.05) is 12.0 Å². The van der Waals surface area contributed by atoms with Crippen molar-refractivity contribution >= 4 is 10.8 Å². The molecule has 0 aromatic carbocycles. The first-order chi connectivity index (χ1) is 7.59. The number of tetrazole rings is 1. The molecule has 0 aliphatic carbocycles. The molecule has 1 aromatic rings. The molecule has 0 amide bonds. The van der Waals surface area contributed by atoms with Crippen molar-refractivity contribution in [2.45, 2.75) is 39.4 Å². The van der Waals surface area contributed by atoms with Crippen LogP contribution in [0.25, 0.3) is 0 Å². The van der Waals surface area contributed by atoms with E-state index in [-0.39, 0.29) is 0 Å². The molecule has 1 rings (SSSR count). The number of aryl methyl sites for hydroxylation is 1. The van der Waals surface area contributed by atoms with E-state index in [1.807, 2.05) is 0 Å². The highest BCUT2D eigenvalue weighted by Gasteiger charge is 2.06. The standard InChI is InChI=1S/C9H19N5OS/c1-8(2)10-7-9-11-12-13-14(9)5-4-6-16(3)15/h8,10H,4-7H2,1-3H3. The summed E-state index contributed by atoms with van der Waals surface area (Å²) in [6, 6.07) is 0.410. The van der Waals surface area contributed by atoms with Crippen LogP contribution in [-0.2, 0) is 23.9 Å². The van der Waals surface area contributed by atoms with Gasteiger partial charge in [-0.05, 0) is 16.8 Å². The molecule has 6 nitrogen and oxygen atoms in total.